The van der Waals surface area contributed by atoms with Gasteiger partial charge in [0.1, 0.15) is 11.6 Å². The predicted molar refractivity (Wildman–Crippen MR) is 96.3 cm³/mol. The number of nitrogens with one attached hydrogen (secondary N) is 1. The molecule has 2 aromatic rings. The maximum atomic E-state index is 5.87. The molecule has 128 valence electrons. The fraction of sp³-hybridized carbons (Fsp3) is 0.500. The van der Waals surface area contributed by atoms with E-state index in [9.17, 15) is 0 Å². The molecule has 3 rings (SSSR count). The van der Waals surface area contributed by atoms with E-state index >= 15 is 0 Å². The van der Waals surface area contributed by atoms with Gasteiger partial charge in [0.15, 0.2) is 5.82 Å². The van der Waals surface area contributed by atoms with Gasteiger partial charge >= 0.3 is 0 Å². The summed E-state index contributed by atoms with van der Waals surface area (Å²) < 4.78 is 0. The monoisotopic (exact) mass is 328 g/mol. The minimum absolute atomic E-state index is 0.308. The van der Waals surface area contributed by atoms with Crippen LogP contribution in [0, 0.1) is 0 Å². The van der Waals surface area contributed by atoms with Crippen molar-refractivity contribution >= 4 is 23.4 Å². The van der Waals surface area contributed by atoms with Crippen molar-refractivity contribution in [3.05, 3.63) is 24.4 Å². The average Bonchev–Trinajstić information content (AvgIpc) is 2.62. The summed E-state index contributed by atoms with van der Waals surface area (Å²) in [4.78, 5) is 13.1. The largest absolute Gasteiger partial charge is 0.370 e. The molecular weight excluding hydrogens is 304 g/mol. The summed E-state index contributed by atoms with van der Waals surface area (Å²) in [6.07, 6.45) is 3.94. The number of unbranched alkanes of at least 4 members (excludes halogenated alkanes) is 1. The fourth-order valence-corrected chi connectivity index (χ4v) is 2.73. The van der Waals surface area contributed by atoms with E-state index in [-0.39, 0.29) is 0 Å². The van der Waals surface area contributed by atoms with Gasteiger partial charge in [-0.05, 0) is 18.6 Å². The number of nitrogens with two attached hydrogens (primary N) is 1. The van der Waals surface area contributed by atoms with Crippen LogP contribution >= 0.6 is 0 Å². The van der Waals surface area contributed by atoms with E-state index < -0.39 is 0 Å². The normalized spacial score (nSPS) is 14.7. The number of hydrogen-bond acceptors (Lipinski definition) is 8. The summed E-state index contributed by atoms with van der Waals surface area (Å²) in [7, 11) is 0. The van der Waals surface area contributed by atoms with Crippen LogP contribution < -0.4 is 20.9 Å². The van der Waals surface area contributed by atoms with Crippen molar-refractivity contribution in [3.8, 4) is 0 Å². The molecule has 1 aliphatic rings. The molecule has 24 heavy (non-hydrogen) atoms. The fourth-order valence-electron chi connectivity index (χ4n) is 2.73. The van der Waals surface area contributed by atoms with E-state index in [1.165, 1.54) is 0 Å². The van der Waals surface area contributed by atoms with Crippen molar-refractivity contribution in [2.24, 2.45) is 0 Å². The number of rotatable bonds is 6. The first kappa shape index (κ1) is 16.2. The molecule has 0 bridgehead atoms. The maximum Gasteiger partial charge on any atom is 0.223 e. The Labute approximate surface area is 142 Å². The number of aromatic nitrogens is 4. The molecule has 3 N–H and O–H groups in total. The van der Waals surface area contributed by atoms with Crippen LogP contribution in [0.1, 0.15) is 19.8 Å². The Morgan fingerprint density at radius 2 is 1.88 bits per heavy atom. The minimum atomic E-state index is 0.308. The third kappa shape index (κ3) is 4.01. The highest BCUT2D eigenvalue weighted by Gasteiger charge is 2.20. The molecule has 0 aliphatic carbocycles. The summed E-state index contributed by atoms with van der Waals surface area (Å²) >= 11 is 0. The molecule has 0 saturated carbocycles. The lowest BCUT2D eigenvalue weighted by Crippen LogP contribution is -2.47. The van der Waals surface area contributed by atoms with Gasteiger partial charge in [-0.1, -0.05) is 13.3 Å². The van der Waals surface area contributed by atoms with Crippen LogP contribution in [0.4, 0.5) is 23.4 Å². The first-order valence-corrected chi connectivity index (χ1v) is 8.42. The molecule has 2 aromatic heterocycles. The third-order valence-corrected chi connectivity index (χ3v) is 4.05. The van der Waals surface area contributed by atoms with Gasteiger partial charge in [-0.15, -0.1) is 5.10 Å². The molecule has 0 atom stereocenters. The lowest BCUT2D eigenvalue weighted by atomic mass is 10.3. The van der Waals surface area contributed by atoms with Crippen LogP contribution in [-0.4, -0.2) is 52.9 Å². The van der Waals surface area contributed by atoms with Gasteiger partial charge in [0, 0.05) is 45.0 Å². The number of hydrogen-bond donors (Lipinski definition) is 2. The molecule has 1 aliphatic heterocycles. The number of anilines is 4. The van der Waals surface area contributed by atoms with Crippen molar-refractivity contribution < 1.29 is 0 Å². The molecule has 8 nitrogen and oxygen atoms in total. The predicted octanol–water partition coefficient (Wildman–Crippen LogP) is 1.39. The van der Waals surface area contributed by atoms with Crippen molar-refractivity contribution in [1.29, 1.82) is 0 Å². The van der Waals surface area contributed by atoms with Crippen LogP contribution in [0.3, 0.4) is 0 Å². The second kappa shape index (κ2) is 7.76. The summed E-state index contributed by atoms with van der Waals surface area (Å²) in [6, 6.07) is 5.87. The van der Waals surface area contributed by atoms with Crippen LogP contribution in [-0.2, 0) is 0 Å². The SMILES string of the molecule is CCCCNc1cc(N2CCN(c3cccnn3)CC2)nc(N)n1. The van der Waals surface area contributed by atoms with E-state index in [1.54, 1.807) is 6.20 Å². The smallest absolute Gasteiger partial charge is 0.223 e. The summed E-state index contributed by atoms with van der Waals surface area (Å²) in [5.41, 5.74) is 5.87. The lowest BCUT2D eigenvalue weighted by molar-refractivity contribution is 0.638. The molecule has 0 radical (unpaired) electrons. The highest BCUT2D eigenvalue weighted by Crippen LogP contribution is 2.20. The zero-order chi connectivity index (χ0) is 16.8. The highest BCUT2D eigenvalue weighted by atomic mass is 15.3. The molecule has 1 fully saturated rings. The lowest BCUT2D eigenvalue weighted by Gasteiger charge is -2.35. The van der Waals surface area contributed by atoms with Crippen LogP contribution in [0.15, 0.2) is 24.4 Å². The molecule has 8 heteroatoms. The van der Waals surface area contributed by atoms with E-state index in [1.807, 2.05) is 18.2 Å². The Kier molecular flexibility index (Phi) is 5.25. The first-order chi connectivity index (χ1) is 11.8. The zero-order valence-electron chi connectivity index (χ0n) is 14.0. The Morgan fingerprint density at radius 3 is 2.54 bits per heavy atom. The Morgan fingerprint density at radius 1 is 1.12 bits per heavy atom. The quantitative estimate of drug-likeness (QED) is 0.768. The number of nitrogen functional groups attached to an aromatic ring is 1. The van der Waals surface area contributed by atoms with Gasteiger partial charge in [0.05, 0.1) is 0 Å². The van der Waals surface area contributed by atoms with Gasteiger partial charge < -0.3 is 20.9 Å². The third-order valence-electron chi connectivity index (χ3n) is 4.05. The second-order valence-electron chi connectivity index (χ2n) is 5.81. The van der Waals surface area contributed by atoms with E-state index in [0.29, 0.717) is 5.95 Å². The number of nitrogens with zero attached hydrogens (tertiary/aromatic N) is 6. The van der Waals surface area contributed by atoms with Gasteiger partial charge in [0.2, 0.25) is 5.95 Å². The Balaban J connectivity index is 1.63. The number of piperazine rings is 1. The maximum absolute atomic E-state index is 5.87. The molecule has 1 saturated heterocycles. The molecule has 0 aromatic carbocycles. The average molecular weight is 328 g/mol. The van der Waals surface area contributed by atoms with E-state index in [4.69, 9.17) is 5.73 Å². The van der Waals surface area contributed by atoms with Gasteiger partial charge in [-0.25, -0.2) is 0 Å². The zero-order valence-corrected chi connectivity index (χ0v) is 14.0. The van der Waals surface area contributed by atoms with Crippen molar-refractivity contribution in [2.75, 3.05) is 53.6 Å². The van der Waals surface area contributed by atoms with Gasteiger partial charge in [0.25, 0.3) is 0 Å². The van der Waals surface area contributed by atoms with Crippen molar-refractivity contribution in [3.63, 3.8) is 0 Å². The summed E-state index contributed by atoms with van der Waals surface area (Å²) in [6.45, 7) is 6.54. The van der Waals surface area contributed by atoms with Gasteiger partial charge in [-0.3, -0.25) is 0 Å². The van der Waals surface area contributed by atoms with E-state index in [0.717, 1.165) is 63.0 Å². The summed E-state index contributed by atoms with van der Waals surface area (Å²) in [5, 5.41) is 11.4. The summed E-state index contributed by atoms with van der Waals surface area (Å²) in [5.74, 6) is 2.90. The first-order valence-electron chi connectivity index (χ1n) is 8.42. The van der Waals surface area contributed by atoms with Crippen molar-refractivity contribution in [1.82, 2.24) is 20.2 Å². The highest BCUT2D eigenvalue weighted by molar-refractivity contribution is 5.53. The van der Waals surface area contributed by atoms with Crippen molar-refractivity contribution in [2.45, 2.75) is 19.8 Å². The minimum Gasteiger partial charge on any atom is -0.370 e. The molecule has 0 amide bonds. The topological polar surface area (TPSA) is 96.1 Å². The van der Waals surface area contributed by atoms with Gasteiger partial charge in [-0.2, -0.15) is 15.1 Å². The molecular formula is C16H24N8. The van der Waals surface area contributed by atoms with Crippen LogP contribution in [0.25, 0.3) is 0 Å². The molecule has 3 heterocycles. The Hall–Kier alpha value is -2.64. The molecule has 0 unspecified atom stereocenters. The van der Waals surface area contributed by atoms with Crippen LogP contribution in [0.2, 0.25) is 0 Å². The Bertz CT molecular complexity index is 640. The second-order valence-corrected chi connectivity index (χ2v) is 5.81. The standard InChI is InChI=1S/C16H24N8/c1-2-3-6-18-13-12-15(21-16(17)20-13)24-10-8-23(9-11-24)14-5-4-7-19-22-14/h4-5,7,12H,2-3,6,8-11H2,1H3,(H3,17,18,20,21). The van der Waals surface area contributed by atoms with Crippen LogP contribution in [0.5, 0.6) is 0 Å². The molecule has 0 spiro atoms. The van der Waals surface area contributed by atoms with E-state index in [2.05, 4.69) is 42.2 Å².